The number of allylic oxidation sites excluding steroid dienone is 1. The molecule has 0 atom stereocenters. The topological polar surface area (TPSA) is 73.0 Å². The van der Waals surface area contributed by atoms with Gasteiger partial charge in [-0.05, 0) is 18.6 Å². The van der Waals surface area contributed by atoms with Gasteiger partial charge in [-0.3, -0.25) is 0 Å². The molecule has 0 aliphatic rings. The van der Waals surface area contributed by atoms with Crippen molar-refractivity contribution in [2.45, 2.75) is 13.3 Å². The summed E-state index contributed by atoms with van der Waals surface area (Å²) >= 11 is 0. The van der Waals surface area contributed by atoms with Gasteiger partial charge in [-0.2, -0.15) is 0 Å². The number of benzene rings is 1. The van der Waals surface area contributed by atoms with Crippen LogP contribution in [0.5, 0.6) is 0 Å². The Labute approximate surface area is 79.2 Å². The van der Waals surface area contributed by atoms with Crippen molar-refractivity contribution in [3.8, 4) is 0 Å². The molecule has 0 spiro atoms. The van der Waals surface area contributed by atoms with Crippen molar-refractivity contribution in [1.82, 2.24) is 6.15 Å². The number of anilines is 1. The maximum Gasteiger partial charge on any atom is 0.0380 e. The molecule has 1 aromatic carbocycles. The van der Waals surface area contributed by atoms with Gasteiger partial charge in [0.05, 0.1) is 0 Å². The molecule has 0 fully saturated rings. The van der Waals surface area contributed by atoms with E-state index in [0.29, 0.717) is 0 Å². The van der Waals surface area contributed by atoms with Gasteiger partial charge in [-0.25, -0.2) is 0 Å². The summed E-state index contributed by atoms with van der Waals surface area (Å²) in [6.07, 6.45) is 2.70. The summed E-state index contributed by atoms with van der Waals surface area (Å²) in [5.41, 5.74) is 7.54. The fourth-order valence-corrected chi connectivity index (χ4v) is 0.812. The monoisotopic (exact) mass is 179 g/mol. The molecule has 0 saturated heterocycles. The van der Waals surface area contributed by atoms with Crippen molar-refractivity contribution in [1.29, 1.82) is 0 Å². The zero-order valence-electron chi connectivity index (χ0n) is 7.96. The molecule has 3 heteroatoms. The molecule has 13 heavy (non-hydrogen) atoms. The molecule has 0 unspecified atom stereocenters. The number of nitrogens with one attached hydrogen (secondary N) is 1. The van der Waals surface area contributed by atoms with Crippen molar-refractivity contribution in [2.24, 2.45) is 5.73 Å². The molecule has 0 bridgehead atoms. The number of rotatable bonds is 3. The van der Waals surface area contributed by atoms with E-state index in [-0.39, 0.29) is 6.15 Å². The summed E-state index contributed by atoms with van der Waals surface area (Å²) in [4.78, 5) is 0. The first-order valence-electron chi connectivity index (χ1n) is 4.09. The van der Waals surface area contributed by atoms with Crippen LogP contribution in [0.25, 0.3) is 0 Å². The zero-order valence-corrected chi connectivity index (χ0v) is 7.96. The summed E-state index contributed by atoms with van der Waals surface area (Å²) in [5, 5.41) is 3.11. The van der Waals surface area contributed by atoms with Gasteiger partial charge in [0.15, 0.2) is 0 Å². The van der Waals surface area contributed by atoms with Gasteiger partial charge in [0, 0.05) is 17.6 Å². The van der Waals surface area contributed by atoms with E-state index >= 15 is 0 Å². The van der Waals surface area contributed by atoms with Crippen LogP contribution in [0.3, 0.4) is 0 Å². The SMILES string of the molecule is CC/C(N)=C/Nc1ccccc1.N. The molecule has 0 saturated carbocycles. The molecule has 0 heterocycles. The molecular weight excluding hydrogens is 162 g/mol. The fourth-order valence-electron chi connectivity index (χ4n) is 0.812. The van der Waals surface area contributed by atoms with Crippen LogP contribution in [-0.2, 0) is 0 Å². The average Bonchev–Trinajstić information content (AvgIpc) is 2.16. The zero-order chi connectivity index (χ0) is 8.81. The smallest absolute Gasteiger partial charge is 0.0380 e. The third-order valence-electron chi connectivity index (χ3n) is 1.61. The van der Waals surface area contributed by atoms with E-state index in [2.05, 4.69) is 5.32 Å². The summed E-state index contributed by atoms with van der Waals surface area (Å²) < 4.78 is 0. The predicted octanol–water partition coefficient (Wildman–Crippen LogP) is 2.47. The summed E-state index contributed by atoms with van der Waals surface area (Å²) in [6, 6.07) is 9.95. The molecule has 72 valence electrons. The highest BCUT2D eigenvalue weighted by molar-refractivity contribution is 5.45. The van der Waals surface area contributed by atoms with Crippen molar-refractivity contribution in [3.05, 3.63) is 42.2 Å². The third kappa shape index (κ3) is 4.18. The first kappa shape index (κ1) is 11.5. The second kappa shape index (κ2) is 6.08. The lowest BCUT2D eigenvalue weighted by Gasteiger charge is -2.00. The number of nitrogens with two attached hydrogens (primary N) is 1. The summed E-state index contributed by atoms with van der Waals surface area (Å²) in [5.74, 6) is 0. The van der Waals surface area contributed by atoms with E-state index in [1.165, 1.54) is 0 Å². The lowest BCUT2D eigenvalue weighted by Crippen LogP contribution is -1.99. The molecule has 0 aliphatic heterocycles. The second-order valence-corrected chi connectivity index (χ2v) is 2.58. The van der Waals surface area contributed by atoms with Gasteiger partial charge in [0.1, 0.15) is 0 Å². The third-order valence-corrected chi connectivity index (χ3v) is 1.61. The van der Waals surface area contributed by atoms with Crippen LogP contribution in [-0.4, -0.2) is 0 Å². The van der Waals surface area contributed by atoms with E-state index < -0.39 is 0 Å². The lowest BCUT2D eigenvalue weighted by molar-refractivity contribution is 1.06. The van der Waals surface area contributed by atoms with Gasteiger partial charge in [0.2, 0.25) is 0 Å². The normalized spacial score (nSPS) is 10.4. The molecule has 1 aromatic rings. The predicted molar refractivity (Wildman–Crippen MR) is 57.6 cm³/mol. The van der Waals surface area contributed by atoms with Crippen molar-refractivity contribution < 1.29 is 0 Å². The second-order valence-electron chi connectivity index (χ2n) is 2.58. The highest BCUT2D eigenvalue weighted by Crippen LogP contribution is 2.05. The minimum atomic E-state index is 0. The average molecular weight is 179 g/mol. The van der Waals surface area contributed by atoms with Crippen molar-refractivity contribution in [3.63, 3.8) is 0 Å². The van der Waals surface area contributed by atoms with E-state index in [1.807, 2.05) is 43.5 Å². The fraction of sp³-hybridized carbons (Fsp3) is 0.200. The Bertz CT molecular complexity index is 254. The van der Waals surface area contributed by atoms with Gasteiger partial charge in [0.25, 0.3) is 0 Å². The minimum absolute atomic E-state index is 0. The molecule has 0 amide bonds. The van der Waals surface area contributed by atoms with Crippen LogP contribution in [0.4, 0.5) is 5.69 Å². The first-order chi connectivity index (χ1) is 5.83. The molecular formula is C10H17N3. The van der Waals surface area contributed by atoms with Gasteiger partial charge < -0.3 is 17.2 Å². The van der Waals surface area contributed by atoms with Crippen LogP contribution in [0, 0.1) is 0 Å². The van der Waals surface area contributed by atoms with Crippen LogP contribution >= 0.6 is 0 Å². The number of hydrogen-bond donors (Lipinski definition) is 3. The largest absolute Gasteiger partial charge is 0.401 e. The van der Waals surface area contributed by atoms with Crippen molar-refractivity contribution in [2.75, 3.05) is 5.32 Å². The van der Waals surface area contributed by atoms with E-state index in [9.17, 15) is 0 Å². The maximum atomic E-state index is 5.62. The molecule has 3 nitrogen and oxygen atoms in total. The maximum absolute atomic E-state index is 5.62. The van der Waals surface area contributed by atoms with Crippen molar-refractivity contribution >= 4 is 5.69 Å². The quantitative estimate of drug-likeness (QED) is 0.667. The summed E-state index contributed by atoms with van der Waals surface area (Å²) in [6.45, 7) is 2.03. The molecule has 0 aliphatic carbocycles. The lowest BCUT2D eigenvalue weighted by atomic mass is 10.3. The van der Waals surface area contributed by atoms with Crippen LogP contribution in [0.1, 0.15) is 13.3 Å². The van der Waals surface area contributed by atoms with Crippen LogP contribution in [0.2, 0.25) is 0 Å². The Kier molecular flexibility index (Phi) is 5.39. The highest BCUT2D eigenvalue weighted by atomic mass is 14.9. The van der Waals surface area contributed by atoms with Gasteiger partial charge in [-0.1, -0.05) is 25.1 Å². The highest BCUT2D eigenvalue weighted by Gasteiger charge is 1.85. The van der Waals surface area contributed by atoms with Crippen LogP contribution in [0.15, 0.2) is 42.2 Å². The standard InChI is InChI=1S/C10H14N2.H3N/c1-2-9(11)8-12-10-6-4-3-5-7-10;/h3-8,12H,2,11H2,1H3;1H3/b9-8-;. The molecule has 0 radical (unpaired) electrons. The summed E-state index contributed by atoms with van der Waals surface area (Å²) in [7, 11) is 0. The Morgan fingerprint density at radius 1 is 1.38 bits per heavy atom. The number of hydrogen-bond acceptors (Lipinski definition) is 3. The van der Waals surface area contributed by atoms with E-state index in [1.54, 1.807) is 0 Å². The van der Waals surface area contributed by atoms with Gasteiger partial charge >= 0.3 is 0 Å². The van der Waals surface area contributed by atoms with E-state index in [0.717, 1.165) is 17.8 Å². The molecule has 1 rings (SSSR count). The Morgan fingerprint density at radius 3 is 2.54 bits per heavy atom. The van der Waals surface area contributed by atoms with Gasteiger partial charge in [-0.15, -0.1) is 0 Å². The molecule has 0 aromatic heterocycles. The number of para-hydroxylation sites is 1. The Balaban J connectivity index is 0.00000144. The Morgan fingerprint density at radius 2 is 2.00 bits per heavy atom. The molecule has 6 N–H and O–H groups in total. The Hall–Kier alpha value is -1.48. The first-order valence-corrected chi connectivity index (χ1v) is 4.09. The van der Waals surface area contributed by atoms with Crippen LogP contribution < -0.4 is 17.2 Å². The van der Waals surface area contributed by atoms with E-state index in [4.69, 9.17) is 5.73 Å². The minimum Gasteiger partial charge on any atom is -0.401 e.